The van der Waals surface area contributed by atoms with Crippen molar-refractivity contribution >= 4 is 28.4 Å². The number of aromatic amines is 1. The van der Waals surface area contributed by atoms with Gasteiger partial charge in [0.15, 0.2) is 0 Å². The van der Waals surface area contributed by atoms with Gasteiger partial charge < -0.3 is 24.6 Å². The van der Waals surface area contributed by atoms with Crippen molar-refractivity contribution in [2.45, 2.75) is 12.5 Å². The van der Waals surface area contributed by atoms with Crippen LogP contribution in [0.2, 0.25) is 0 Å². The first-order valence-corrected chi connectivity index (χ1v) is 10.6. The first-order valence-electron chi connectivity index (χ1n) is 10.6. The predicted octanol–water partition coefficient (Wildman–Crippen LogP) is 3.55. The fraction of sp³-hybridized carbons (Fsp3) is 0.280. The summed E-state index contributed by atoms with van der Waals surface area (Å²) in [6, 6.07) is 13.9. The van der Waals surface area contributed by atoms with Gasteiger partial charge in [-0.3, -0.25) is 9.59 Å². The van der Waals surface area contributed by atoms with E-state index in [2.05, 4.69) is 4.98 Å². The Morgan fingerprint density at radius 3 is 2.53 bits per heavy atom. The zero-order chi connectivity index (χ0) is 22.8. The SMILES string of the molecule is COc1ccc(/C(O)=C2\C(=O)C(=O)N(CCCN(C)C)C2c2c[nH]c3ccccc23)cc1. The highest BCUT2D eigenvalue weighted by atomic mass is 16.5. The van der Waals surface area contributed by atoms with E-state index in [0.717, 1.165) is 23.0 Å². The largest absolute Gasteiger partial charge is 0.507 e. The van der Waals surface area contributed by atoms with Crippen molar-refractivity contribution in [3.63, 3.8) is 0 Å². The molecule has 1 saturated heterocycles. The van der Waals surface area contributed by atoms with Crippen molar-refractivity contribution < 1.29 is 19.4 Å². The predicted molar refractivity (Wildman–Crippen MR) is 123 cm³/mol. The maximum atomic E-state index is 13.1. The van der Waals surface area contributed by atoms with E-state index in [4.69, 9.17) is 4.74 Å². The molecule has 0 radical (unpaired) electrons. The summed E-state index contributed by atoms with van der Waals surface area (Å²) in [4.78, 5) is 33.0. The molecular formula is C25H27N3O4. The number of carbonyl (C=O) groups excluding carboxylic acids is 2. The number of ketones is 1. The summed E-state index contributed by atoms with van der Waals surface area (Å²) >= 11 is 0. The Balaban J connectivity index is 1.84. The molecule has 1 atom stereocenters. The van der Waals surface area contributed by atoms with Crippen molar-refractivity contribution in [3.8, 4) is 5.75 Å². The van der Waals surface area contributed by atoms with Crippen LogP contribution in [0, 0.1) is 0 Å². The van der Waals surface area contributed by atoms with E-state index < -0.39 is 17.7 Å². The number of benzene rings is 2. The normalized spacial score (nSPS) is 18.1. The summed E-state index contributed by atoms with van der Waals surface area (Å²) in [5, 5.41) is 12.1. The topological polar surface area (TPSA) is 85.9 Å². The van der Waals surface area contributed by atoms with Crippen molar-refractivity contribution in [1.29, 1.82) is 0 Å². The number of para-hydroxylation sites is 1. The van der Waals surface area contributed by atoms with Crippen LogP contribution in [-0.2, 0) is 9.59 Å². The second kappa shape index (κ2) is 8.88. The molecule has 1 aliphatic rings. The summed E-state index contributed by atoms with van der Waals surface area (Å²) in [5.74, 6) is -0.803. The minimum absolute atomic E-state index is 0.106. The maximum Gasteiger partial charge on any atom is 0.295 e. The third kappa shape index (κ3) is 3.87. The number of fused-ring (bicyclic) bond motifs is 1. The van der Waals surface area contributed by atoms with E-state index in [1.54, 1.807) is 36.3 Å². The van der Waals surface area contributed by atoms with Crippen LogP contribution >= 0.6 is 0 Å². The number of aliphatic hydroxyl groups excluding tert-OH is 1. The molecule has 2 aromatic carbocycles. The molecule has 7 nitrogen and oxygen atoms in total. The number of carbonyl (C=O) groups is 2. The standard InChI is InChI=1S/C25H27N3O4/c1-27(2)13-6-14-28-22(19-15-26-20-8-5-4-7-18(19)20)21(24(30)25(28)31)23(29)16-9-11-17(32-3)12-10-16/h4-5,7-12,15,22,26,29H,6,13-14H2,1-3H3/b23-21+. The van der Waals surface area contributed by atoms with Crippen LogP contribution in [0.1, 0.15) is 23.6 Å². The van der Waals surface area contributed by atoms with Gasteiger partial charge in [0, 0.05) is 34.8 Å². The fourth-order valence-corrected chi connectivity index (χ4v) is 4.22. The quantitative estimate of drug-likeness (QED) is 0.338. The number of hydrogen-bond donors (Lipinski definition) is 2. The molecule has 32 heavy (non-hydrogen) atoms. The number of aliphatic hydroxyl groups is 1. The second-order valence-corrected chi connectivity index (χ2v) is 8.17. The Hall–Kier alpha value is -3.58. The van der Waals surface area contributed by atoms with Crippen LogP contribution in [0.25, 0.3) is 16.7 Å². The molecule has 7 heteroatoms. The molecule has 0 aliphatic carbocycles. The maximum absolute atomic E-state index is 13.1. The number of H-pyrrole nitrogens is 1. The fourth-order valence-electron chi connectivity index (χ4n) is 4.22. The molecule has 1 amide bonds. The number of nitrogens with zero attached hydrogens (tertiary/aromatic N) is 2. The molecule has 1 fully saturated rings. The lowest BCUT2D eigenvalue weighted by Gasteiger charge is -2.25. The monoisotopic (exact) mass is 433 g/mol. The molecule has 2 N–H and O–H groups in total. The summed E-state index contributed by atoms with van der Waals surface area (Å²) in [5.41, 5.74) is 2.27. The number of Topliss-reactive ketones (excluding diaryl/α,β-unsaturated/α-hetero) is 1. The van der Waals surface area contributed by atoms with Crippen molar-refractivity contribution in [2.75, 3.05) is 34.3 Å². The summed E-state index contributed by atoms with van der Waals surface area (Å²) in [6.45, 7) is 1.19. The lowest BCUT2D eigenvalue weighted by molar-refractivity contribution is -0.139. The number of likely N-dealkylation sites (tertiary alicyclic amines) is 1. The number of hydrogen-bond acceptors (Lipinski definition) is 5. The average Bonchev–Trinajstić information content (AvgIpc) is 3.32. The average molecular weight is 434 g/mol. The Labute approximate surface area is 186 Å². The third-order valence-corrected chi connectivity index (χ3v) is 5.82. The Kier molecular flexibility index (Phi) is 6.01. The second-order valence-electron chi connectivity index (χ2n) is 8.17. The van der Waals surface area contributed by atoms with Crippen LogP contribution in [0.15, 0.2) is 60.3 Å². The minimum atomic E-state index is -0.671. The van der Waals surface area contributed by atoms with Crippen LogP contribution in [-0.4, -0.2) is 65.9 Å². The van der Waals surface area contributed by atoms with Gasteiger partial charge in [0.1, 0.15) is 11.5 Å². The molecule has 1 aliphatic heterocycles. The first kappa shape index (κ1) is 21.6. The van der Waals surface area contributed by atoms with E-state index in [-0.39, 0.29) is 11.3 Å². The summed E-state index contributed by atoms with van der Waals surface area (Å²) in [6.07, 6.45) is 2.53. The number of aromatic nitrogens is 1. The van der Waals surface area contributed by atoms with Gasteiger partial charge in [-0.05, 0) is 57.4 Å². The number of rotatable bonds is 7. The lowest BCUT2D eigenvalue weighted by atomic mass is 9.95. The van der Waals surface area contributed by atoms with Crippen molar-refractivity contribution in [3.05, 3.63) is 71.4 Å². The van der Waals surface area contributed by atoms with Crippen LogP contribution in [0.3, 0.4) is 0 Å². The molecular weight excluding hydrogens is 406 g/mol. The van der Waals surface area contributed by atoms with Crippen molar-refractivity contribution in [1.82, 2.24) is 14.8 Å². The highest BCUT2D eigenvalue weighted by molar-refractivity contribution is 6.46. The smallest absolute Gasteiger partial charge is 0.295 e. The number of methoxy groups -OCH3 is 1. The third-order valence-electron chi connectivity index (χ3n) is 5.82. The van der Waals surface area contributed by atoms with Gasteiger partial charge in [-0.25, -0.2) is 0 Å². The molecule has 0 saturated carbocycles. The van der Waals surface area contributed by atoms with Gasteiger partial charge in [0.25, 0.3) is 11.7 Å². The van der Waals surface area contributed by atoms with E-state index in [9.17, 15) is 14.7 Å². The molecule has 3 aromatic rings. The molecule has 166 valence electrons. The summed E-state index contributed by atoms with van der Waals surface area (Å²) in [7, 11) is 5.50. The van der Waals surface area contributed by atoms with Gasteiger partial charge in [0.2, 0.25) is 0 Å². The number of nitrogens with one attached hydrogen (secondary N) is 1. The highest BCUT2D eigenvalue weighted by Gasteiger charge is 2.46. The van der Waals surface area contributed by atoms with Crippen LogP contribution in [0.4, 0.5) is 0 Å². The van der Waals surface area contributed by atoms with Crippen LogP contribution < -0.4 is 4.74 Å². The van der Waals surface area contributed by atoms with E-state index in [1.165, 1.54) is 0 Å². The highest BCUT2D eigenvalue weighted by Crippen LogP contribution is 2.42. The van der Waals surface area contributed by atoms with Gasteiger partial charge >= 0.3 is 0 Å². The molecule has 0 bridgehead atoms. The lowest BCUT2D eigenvalue weighted by Crippen LogP contribution is -2.32. The Bertz CT molecular complexity index is 1180. The minimum Gasteiger partial charge on any atom is -0.507 e. The molecule has 4 rings (SSSR count). The van der Waals surface area contributed by atoms with Gasteiger partial charge in [-0.2, -0.15) is 0 Å². The van der Waals surface area contributed by atoms with E-state index in [1.807, 2.05) is 49.5 Å². The summed E-state index contributed by atoms with van der Waals surface area (Å²) < 4.78 is 5.19. The number of ether oxygens (including phenoxy) is 1. The molecule has 1 aromatic heterocycles. The van der Waals surface area contributed by atoms with Gasteiger partial charge in [0.05, 0.1) is 18.7 Å². The number of amides is 1. The molecule has 0 spiro atoms. The first-order chi connectivity index (χ1) is 15.4. The van der Waals surface area contributed by atoms with Crippen molar-refractivity contribution in [2.24, 2.45) is 0 Å². The van der Waals surface area contributed by atoms with Gasteiger partial charge in [-0.15, -0.1) is 0 Å². The van der Waals surface area contributed by atoms with E-state index >= 15 is 0 Å². The Morgan fingerprint density at radius 1 is 1.12 bits per heavy atom. The van der Waals surface area contributed by atoms with Crippen LogP contribution in [0.5, 0.6) is 5.75 Å². The zero-order valence-corrected chi connectivity index (χ0v) is 18.5. The Morgan fingerprint density at radius 2 is 1.84 bits per heavy atom. The molecule has 2 heterocycles. The molecule has 1 unspecified atom stereocenters. The van der Waals surface area contributed by atoms with Gasteiger partial charge in [-0.1, -0.05) is 18.2 Å². The zero-order valence-electron chi connectivity index (χ0n) is 18.5. The van der Waals surface area contributed by atoms with E-state index in [0.29, 0.717) is 24.3 Å².